The third-order valence-electron chi connectivity index (χ3n) is 2.34. The van der Waals surface area contributed by atoms with E-state index in [1.165, 1.54) is 12.3 Å². The number of hydrogen-bond donors (Lipinski definition) is 2. The van der Waals surface area contributed by atoms with Crippen LogP contribution < -0.4 is 5.32 Å². The molecule has 0 heterocycles. The quantitative estimate of drug-likeness (QED) is 0.515. The number of phenols is 1. The van der Waals surface area contributed by atoms with Crippen molar-refractivity contribution in [3.05, 3.63) is 59.1 Å². The summed E-state index contributed by atoms with van der Waals surface area (Å²) in [5.74, 6) is 0.0510. The van der Waals surface area contributed by atoms with Gasteiger partial charge in [-0.05, 0) is 30.3 Å². The van der Waals surface area contributed by atoms with Crippen LogP contribution in [0.5, 0.6) is 5.75 Å². The summed E-state index contributed by atoms with van der Waals surface area (Å²) in [5.41, 5.74) is 0.948. The highest BCUT2D eigenvalue weighted by atomic mass is 35.5. The minimum atomic E-state index is -0.751. The molecule has 2 N–H and O–H groups in total. The molecular formula is C14H11ClN2O3. The van der Waals surface area contributed by atoms with Gasteiger partial charge in [-0.25, -0.2) is 4.79 Å². The van der Waals surface area contributed by atoms with Gasteiger partial charge in [0.05, 0.1) is 6.21 Å². The van der Waals surface area contributed by atoms with Gasteiger partial charge in [0.25, 0.3) is 0 Å². The molecule has 2 rings (SSSR count). The van der Waals surface area contributed by atoms with Crippen molar-refractivity contribution in [3.8, 4) is 5.75 Å². The number of benzene rings is 2. The van der Waals surface area contributed by atoms with Gasteiger partial charge in [0, 0.05) is 16.3 Å². The lowest BCUT2D eigenvalue weighted by molar-refractivity contribution is 0.167. The number of rotatable bonds is 3. The Labute approximate surface area is 120 Å². The number of carbonyl (C=O) groups is 1. The van der Waals surface area contributed by atoms with Crippen LogP contribution in [0.2, 0.25) is 5.02 Å². The monoisotopic (exact) mass is 290 g/mol. The number of carbonyl (C=O) groups excluding carboxylic acids is 1. The second-order valence-electron chi connectivity index (χ2n) is 3.81. The molecule has 0 aromatic heterocycles. The van der Waals surface area contributed by atoms with Crippen molar-refractivity contribution in [2.45, 2.75) is 0 Å². The number of oxime groups is 1. The van der Waals surface area contributed by atoms with Crippen LogP contribution in [0.3, 0.4) is 0 Å². The van der Waals surface area contributed by atoms with Gasteiger partial charge in [0.2, 0.25) is 0 Å². The molecule has 0 bridgehead atoms. The smallest absolute Gasteiger partial charge is 0.437 e. The van der Waals surface area contributed by atoms with Crippen molar-refractivity contribution in [1.82, 2.24) is 0 Å². The Kier molecular flexibility index (Phi) is 4.57. The molecule has 20 heavy (non-hydrogen) atoms. The van der Waals surface area contributed by atoms with Gasteiger partial charge >= 0.3 is 6.09 Å². The van der Waals surface area contributed by atoms with E-state index >= 15 is 0 Å². The summed E-state index contributed by atoms with van der Waals surface area (Å²) in [6.07, 6.45) is 0.492. The largest absolute Gasteiger partial charge is 0.507 e. The number of halogens is 1. The second kappa shape index (κ2) is 6.58. The van der Waals surface area contributed by atoms with Gasteiger partial charge in [0.15, 0.2) is 0 Å². The van der Waals surface area contributed by atoms with E-state index in [0.29, 0.717) is 16.3 Å². The molecule has 0 aliphatic heterocycles. The zero-order valence-electron chi connectivity index (χ0n) is 10.3. The summed E-state index contributed by atoms with van der Waals surface area (Å²) in [5, 5.41) is 15.9. The molecule has 0 saturated carbocycles. The highest BCUT2D eigenvalue weighted by Gasteiger charge is 2.03. The predicted molar refractivity (Wildman–Crippen MR) is 77.3 cm³/mol. The normalized spacial score (nSPS) is 10.4. The molecule has 102 valence electrons. The zero-order valence-corrected chi connectivity index (χ0v) is 11.0. The maximum atomic E-state index is 11.4. The summed E-state index contributed by atoms with van der Waals surface area (Å²) in [6.45, 7) is 0. The van der Waals surface area contributed by atoms with E-state index in [1.54, 1.807) is 42.5 Å². The van der Waals surface area contributed by atoms with Gasteiger partial charge < -0.3 is 5.11 Å². The van der Waals surface area contributed by atoms with Crippen LogP contribution in [0.1, 0.15) is 5.56 Å². The van der Waals surface area contributed by atoms with E-state index in [9.17, 15) is 9.90 Å². The second-order valence-corrected chi connectivity index (χ2v) is 4.24. The number of nitrogens with one attached hydrogen (secondary N) is 1. The first-order chi connectivity index (χ1) is 9.65. The summed E-state index contributed by atoms with van der Waals surface area (Å²) in [6, 6.07) is 13.2. The molecule has 0 radical (unpaired) electrons. The summed E-state index contributed by atoms with van der Waals surface area (Å²) in [4.78, 5) is 16.1. The predicted octanol–water partition coefficient (Wildman–Crippen LogP) is 3.63. The molecule has 0 spiro atoms. The van der Waals surface area contributed by atoms with Gasteiger partial charge in [0.1, 0.15) is 5.75 Å². The number of para-hydroxylation sites is 1. The standard InChI is InChI=1S/C14H11ClN2O3/c15-11-5-3-6-12(8-11)17-14(19)20-16-9-10-4-1-2-7-13(10)18/h1-9,18H,(H,17,19). The first kappa shape index (κ1) is 13.9. The van der Waals surface area contributed by atoms with Crippen LogP contribution in [0.25, 0.3) is 0 Å². The van der Waals surface area contributed by atoms with Crippen molar-refractivity contribution in [3.63, 3.8) is 0 Å². The van der Waals surface area contributed by atoms with Crippen LogP contribution in [0, 0.1) is 0 Å². The molecule has 0 aliphatic carbocycles. The summed E-state index contributed by atoms with van der Waals surface area (Å²) >= 11 is 5.78. The van der Waals surface area contributed by atoms with E-state index < -0.39 is 6.09 Å². The fourth-order valence-corrected chi connectivity index (χ4v) is 1.62. The van der Waals surface area contributed by atoms with Gasteiger partial charge in [-0.15, -0.1) is 0 Å². The highest BCUT2D eigenvalue weighted by molar-refractivity contribution is 6.30. The third kappa shape index (κ3) is 4.00. The van der Waals surface area contributed by atoms with Crippen molar-refractivity contribution < 1.29 is 14.7 Å². The highest BCUT2D eigenvalue weighted by Crippen LogP contribution is 2.15. The minimum Gasteiger partial charge on any atom is -0.507 e. The van der Waals surface area contributed by atoms with Gasteiger partial charge in [-0.2, -0.15) is 0 Å². The van der Waals surface area contributed by atoms with Crippen LogP contribution in [0.4, 0.5) is 10.5 Å². The SMILES string of the molecule is O=C(Nc1cccc(Cl)c1)ON=Cc1ccccc1O. The Bertz CT molecular complexity index is 644. The molecule has 0 atom stereocenters. The summed E-state index contributed by atoms with van der Waals surface area (Å²) < 4.78 is 0. The Morgan fingerprint density at radius 3 is 2.80 bits per heavy atom. The lowest BCUT2D eigenvalue weighted by Gasteiger charge is -2.02. The minimum absolute atomic E-state index is 0.0510. The maximum absolute atomic E-state index is 11.4. The first-order valence-electron chi connectivity index (χ1n) is 5.70. The van der Waals surface area contributed by atoms with Crippen LogP contribution in [-0.2, 0) is 4.84 Å². The Hall–Kier alpha value is -2.53. The Morgan fingerprint density at radius 1 is 1.25 bits per heavy atom. The number of anilines is 1. The van der Waals surface area contributed by atoms with Crippen LogP contribution in [0.15, 0.2) is 53.7 Å². The molecule has 2 aromatic rings. The number of phenolic OH excluding ortho intramolecular Hbond substituents is 1. The fraction of sp³-hybridized carbons (Fsp3) is 0. The molecule has 0 saturated heterocycles. The van der Waals surface area contributed by atoms with Crippen molar-refractivity contribution in [2.75, 3.05) is 5.32 Å². The number of amides is 1. The van der Waals surface area contributed by atoms with E-state index in [1.807, 2.05) is 0 Å². The average molecular weight is 291 g/mol. The third-order valence-corrected chi connectivity index (χ3v) is 2.57. The van der Waals surface area contributed by atoms with Crippen LogP contribution >= 0.6 is 11.6 Å². The summed E-state index contributed by atoms with van der Waals surface area (Å²) in [7, 11) is 0. The lowest BCUT2D eigenvalue weighted by atomic mass is 10.2. The Morgan fingerprint density at radius 2 is 2.05 bits per heavy atom. The molecule has 1 amide bonds. The van der Waals surface area contributed by atoms with E-state index in [2.05, 4.69) is 15.3 Å². The van der Waals surface area contributed by atoms with E-state index in [4.69, 9.17) is 11.6 Å². The van der Waals surface area contributed by atoms with E-state index in [-0.39, 0.29) is 5.75 Å². The first-order valence-corrected chi connectivity index (χ1v) is 6.08. The zero-order chi connectivity index (χ0) is 14.4. The molecule has 0 unspecified atom stereocenters. The number of nitrogens with zero attached hydrogens (tertiary/aromatic N) is 1. The maximum Gasteiger partial charge on any atom is 0.437 e. The molecule has 0 fully saturated rings. The Balaban J connectivity index is 1.91. The molecule has 0 aliphatic rings. The number of hydrogen-bond acceptors (Lipinski definition) is 4. The van der Waals surface area contributed by atoms with Gasteiger partial charge in [-0.1, -0.05) is 35.0 Å². The molecule has 5 nitrogen and oxygen atoms in total. The van der Waals surface area contributed by atoms with Crippen molar-refractivity contribution in [2.24, 2.45) is 5.16 Å². The van der Waals surface area contributed by atoms with Crippen LogP contribution in [-0.4, -0.2) is 17.4 Å². The molecule has 2 aromatic carbocycles. The van der Waals surface area contributed by atoms with Gasteiger partial charge in [-0.3, -0.25) is 10.2 Å². The number of aromatic hydroxyl groups is 1. The van der Waals surface area contributed by atoms with E-state index in [0.717, 1.165) is 0 Å². The van der Waals surface area contributed by atoms with Crippen molar-refractivity contribution >= 4 is 29.6 Å². The molecule has 6 heteroatoms. The van der Waals surface area contributed by atoms with Crippen molar-refractivity contribution in [1.29, 1.82) is 0 Å². The lowest BCUT2D eigenvalue weighted by Crippen LogP contribution is -2.10. The molecular weight excluding hydrogens is 280 g/mol. The fourth-order valence-electron chi connectivity index (χ4n) is 1.43. The topological polar surface area (TPSA) is 70.9 Å². The average Bonchev–Trinajstić information content (AvgIpc) is 2.41.